The van der Waals surface area contributed by atoms with Gasteiger partial charge in [0.25, 0.3) is 5.69 Å². The number of nitro benzene ring substituents is 1. The Labute approximate surface area is 177 Å². The Morgan fingerprint density at radius 3 is 2.00 bits per heavy atom. The van der Waals surface area contributed by atoms with E-state index in [-0.39, 0.29) is 30.4 Å². The Kier molecular flexibility index (Phi) is 12.6. The van der Waals surface area contributed by atoms with Crippen molar-refractivity contribution >= 4 is 17.6 Å². The summed E-state index contributed by atoms with van der Waals surface area (Å²) in [6.07, 6.45) is 8.55. The van der Waals surface area contributed by atoms with Gasteiger partial charge in [-0.1, -0.05) is 52.4 Å². The normalized spacial score (nSPS) is 11.1. The van der Waals surface area contributed by atoms with E-state index in [2.05, 4.69) is 13.8 Å². The van der Waals surface area contributed by atoms with E-state index < -0.39 is 16.9 Å². The zero-order chi connectivity index (χ0) is 22.2. The van der Waals surface area contributed by atoms with Crippen LogP contribution >= 0.6 is 0 Å². The molecular weight excluding hydrogens is 390 g/mol. The van der Waals surface area contributed by atoms with Gasteiger partial charge in [-0.15, -0.1) is 0 Å². The molecule has 0 aliphatic heterocycles. The van der Waals surface area contributed by atoms with Crippen LogP contribution < -0.4 is 4.74 Å². The first-order valence-corrected chi connectivity index (χ1v) is 10.5. The van der Waals surface area contributed by atoms with E-state index in [1.54, 1.807) is 0 Å². The smallest absolute Gasteiger partial charge is 0.374 e. The minimum atomic E-state index is -0.784. The van der Waals surface area contributed by atoms with Gasteiger partial charge in [0.2, 0.25) is 5.76 Å². The summed E-state index contributed by atoms with van der Waals surface area (Å²) in [6, 6.07) is 5.18. The van der Waals surface area contributed by atoms with Gasteiger partial charge in [-0.3, -0.25) is 10.1 Å². The maximum Gasteiger partial charge on any atom is 0.374 e. The lowest BCUT2D eigenvalue weighted by atomic mass is 10.2. The summed E-state index contributed by atoms with van der Waals surface area (Å²) in [5.74, 6) is -1.64. The van der Waals surface area contributed by atoms with Gasteiger partial charge in [0.15, 0.2) is 0 Å². The van der Waals surface area contributed by atoms with Crippen LogP contribution in [0.4, 0.5) is 5.69 Å². The molecule has 0 saturated carbocycles. The molecule has 0 radical (unpaired) electrons. The lowest BCUT2D eigenvalue weighted by Crippen LogP contribution is -2.16. The van der Waals surface area contributed by atoms with Crippen molar-refractivity contribution in [2.75, 3.05) is 13.2 Å². The zero-order valence-corrected chi connectivity index (χ0v) is 17.8. The van der Waals surface area contributed by atoms with Crippen LogP contribution in [0.5, 0.6) is 5.75 Å². The van der Waals surface area contributed by atoms with Crippen LogP contribution in [-0.4, -0.2) is 30.1 Å². The first kappa shape index (κ1) is 25.1. The molecule has 1 aromatic carbocycles. The van der Waals surface area contributed by atoms with E-state index in [0.717, 1.165) is 51.0 Å². The van der Waals surface area contributed by atoms with Crippen LogP contribution in [0.1, 0.15) is 65.2 Å². The highest BCUT2D eigenvalue weighted by atomic mass is 16.6. The minimum absolute atomic E-state index is 0.113. The summed E-state index contributed by atoms with van der Waals surface area (Å²) < 4.78 is 15.8. The molecule has 0 amide bonds. The summed E-state index contributed by atoms with van der Waals surface area (Å²) in [5.41, 5.74) is -0.113. The van der Waals surface area contributed by atoms with Gasteiger partial charge in [-0.2, -0.15) is 0 Å². The molecule has 0 atom stereocenters. The van der Waals surface area contributed by atoms with E-state index in [0.29, 0.717) is 6.42 Å². The average molecular weight is 421 g/mol. The molecule has 0 aliphatic rings. The van der Waals surface area contributed by atoms with E-state index in [1.165, 1.54) is 24.3 Å². The molecule has 166 valence electrons. The van der Waals surface area contributed by atoms with Gasteiger partial charge in [-0.25, -0.2) is 9.59 Å². The Hall–Kier alpha value is -2.90. The number of nitrogens with zero attached hydrogens (tertiary/aromatic N) is 1. The number of esters is 2. The van der Waals surface area contributed by atoms with Gasteiger partial charge in [0, 0.05) is 12.1 Å². The Morgan fingerprint density at radius 1 is 0.900 bits per heavy atom. The quantitative estimate of drug-likeness (QED) is 0.0968. The molecule has 0 unspecified atom stereocenters. The maximum absolute atomic E-state index is 12.4. The van der Waals surface area contributed by atoms with Crippen molar-refractivity contribution in [3.05, 3.63) is 46.2 Å². The van der Waals surface area contributed by atoms with Gasteiger partial charge in [-0.05, 0) is 25.0 Å². The standard InChI is InChI=1S/C22H31NO7/c1-3-5-7-9-15-28-21(24)17-20(22(25)29-16-10-8-6-4-2)30-19-13-11-18(12-14-19)23(26)27/h11-14,17H,3-10,15-16H2,1-2H3/b20-17+. The predicted molar refractivity (Wildman–Crippen MR) is 112 cm³/mol. The maximum atomic E-state index is 12.4. The zero-order valence-electron chi connectivity index (χ0n) is 17.8. The number of hydrogen-bond donors (Lipinski definition) is 0. The van der Waals surface area contributed by atoms with Crippen molar-refractivity contribution in [3.63, 3.8) is 0 Å². The number of carbonyl (C=O) groups is 2. The lowest BCUT2D eigenvalue weighted by Gasteiger charge is -2.10. The molecule has 0 aromatic heterocycles. The second-order valence-electron chi connectivity index (χ2n) is 6.79. The third kappa shape index (κ3) is 10.6. The third-order valence-corrected chi connectivity index (χ3v) is 4.20. The molecule has 1 rings (SSSR count). The van der Waals surface area contributed by atoms with Crippen LogP contribution in [0.2, 0.25) is 0 Å². The number of hydrogen-bond acceptors (Lipinski definition) is 7. The molecule has 0 heterocycles. The van der Waals surface area contributed by atoms with Crippen LogP contribution in [0.3, 0.4) is 0 Å². The first-order valence-electron chi connectivity index (χ1n) is 10.5. The number of rotatable bonds is 15. The molecule has 0 aliphatic carbocycles. The molecule has 0 N–H and O–H groups in total. The molecule has 0 saturated heterocycles. The van der Waals surface area contributed by atoms with Crippen molar-refractivity contribution < 1.29 is 28.7 Å². The van der Waals surface area contributed by atoms with Crippen LogP contribution in [0.15, 0.2) is 36.1 Å². The Morgan fingerprint density at radius 2 is 1.47 bits per heavy atom. The number of non-ortho nitro benzene ring substituents is 1. The van der Waals surface area contributed by atoms with Gasteiger partial charge in [0.1, 0.15) is 5.75 Å². The summed E-state index contributed by atoms with van der Waals surface area (Å²) in [6.45, 7) is 4.64. The van der Waals surface area contributed by atoms with Crippen molar-refractivity contribution in [1.82, 2.24) is 0 Å². The number of ether oxygens (including phenoxy) is 3. The van der Waals surface area contributed by atoms with Crippen molar-refractivity contribution in [3.8, 4) is 5.75 Å². The van der Waals surface area contributed by atoms with Gasteiger partial charge >= 0.3 is 11.9 Å². The van der Waals surface area contributed by atoms with Crippen LogP contribution in [0.25, 0.3) is 0 Å². The van der Waals surface area contributed by atoms with Gasteiger partial charge < -0.3 is 14.2 Å². The van der Waals surface area contributed by atoms with Crippen LogP contribution in [0, 0.1) is 10.1 Å². The predicted octanol–water partition coefficient (Wildman–Crippen LogP) is 5.10. The molecule has 0 fully saturated rings. The molecule has 0 bridgehead atoms. The lowest BCUT2D eigenvalue weighted by molar-refractivity contribution is -0.384. The second-order valence-corrected chi connectivity index (χ2v) is 6.79. The molecule has 8 heteroatoms. The first-order chi connectivity index (χ1) is 14.5. The summed E-state index contributed by atoms with van der Waals surface area (Å²) in [7, 11) is 0. The fraction of sp³-hybridized carbons (Fsp3) is 0.545. The van der Waals surface area contributed by atoms with Gasteiger partial charge in [0.05, 0.1) is 24.2 Å². The highest BCUT2D eigenvalue weighted by molar-refractivity contribution is 5.95. The minimum Gasteiger partial charge on any atom is -0.462 e. The highest BCUT2D eigenvalue weighted by Crippen LogP contribution is 2.20. The largest absolute Gasteiger partial charge is 0.462 e. The second kappa shape index (κ2) is 15.0. The van der Waals surface area contributed by atoms with Crippen LogP contribution in [-0.2, 0) is 19.1 Å². The molecule has 8 nitrogen and oxygen atoms in total. The number of carbonyl (C=O) groups excluding carboxylic acids is 2. The molecule has 30 heavy (non-hydrogen) atoms. The SMILES string of the molecule is CCCCCCOC(=O)/C=C(/Oc1ccc([N+](=O)[O-])cc1)C(=O)OCCCCCC. The van der Waals surface area contributed by atoms with Crippen molar-refractivity contribution in [2.45, 2.75) is 65.2 Å². The summed E-state index contributed by atoms with van der Waals surface area (Å²) >= 11 is 0. The van der Waals surface area contributed by atoms with Crippen molar-refractivity contribution in [2.24, 2.45) is 0 Å². The number of nitro groups is 1. The highest BCUT2D eigenvalue weighted by Gasteiger charge is 2.17. The van der Waals surface area contributed by atoms with E-state index >= 15 is 0 Å². The third-order valence-electron chi connectivity index (χ3n) is 4.20. The summed E-state index contributed by atoms with van der Waals surface area (Å²) in [4.78, 5) is 34.7. The van der Waals surface area contributed by atoms with Crippen molar-refractivity contribution in [1.29, 1.82) is 0 Å². The monoisotopic (exact) mass is 421 g/mol. The fourth-order valence-electron chi connectivity index (χ4n) is 2.51. The Bertz CT molecular complexity index is 698. The van der Waals surface area contributed by atoms with E-state index in [4.69, 9.17) is 14.2 Å². The van der Waals surface area contributed by atoms with E-state index in [9.17, 15) is 19.7 Å². The fourth-order valence-corrected chi connectivity index (χ4v) is 2.51. The molecule has 0 spiro atoms. The molecule has 1 aromatic rings. The number of unbranched alkanes of at least 4 members (excludes halogenated alkanes) is 6. The summed E-state index contributed by atoms with van der Waals surface area (Å²) in [5, 5.41) is 10.8. The number of benzene rings is 1. The Balaban J connectivity index is 2.75. The molecular formula is C22H31NO7. The topological polar surface area (TPSA) is 105 Å². The average Bonchev–Trinajstić information content (AvgIpc) is 2.73. The van der Waals surface area contributed by atoms with E-state index in [1.807, 2.05) is 0 Å².